The van der Waals surface area contributed by atoms with Crippen LogP contribution in [-0.2, 0) is 13.1 Å². The molecule has 2 N–H and O–H groups in total. The number of hydrogen-bond acceptors (Lipinski definition) is 6. The van der Waals surface area contributed by atoms with Gasteiger partial charge in [-0.2, -0.15) is 5.10 Å². The lowest BCUT2D eigenvalue weighted by Crippen LogP contribution is -2.36. The standard InChI is InChI=1S/C27H35N5O4/c1-7-32-19(5)23(18(4)31-32)17-28-27(29-21-11-13-22(34-6)14-12-21)30-26(33)20-10-15-24(35-8-2)25(16-20)36-9-3/h10-16H,7-9,17H2,1-6H3,(H2,28,29,30,33). The summed E-state index contributed by atoms with van der Waals surface area (Å²) in [4.78, 5) is 17.9. The zero-order chi connectivity index (χ0) is 26.1. The Balaban J connectivity index is 1.88. The Morgan fingerprint density at radius 3 is 2.31 bits per heavy atom. The molecule has 1 heterocycles. The van der Waals surface area contributed by atoms with E-state index < -0.39 is 0 Å². The van der Waals surface area contributed by atoms with Crippen molar-refractivity contribution >= 4 is 17.6 Å². The van der Waals surface area contributed by atoms with Crippen LogP contribution in [0.25, 0.3) is 0 Å². The Bertz CT molecular complexity index is 1200. The highest BCUT2D eigenvalue weighted by atomic mass is 16.5. The van der Waals surface area contributed by atoms with Crippen molar-refractivity contribution in [3.05, 3.63) is 65.0 Å². The van der Waals surface area contributed by atoms with Gasteiger partial charge in [0.15, 0.2) is 11.5 Å². The molecule has 36 heavy (non-hydrogen) atoms. The van der Waals surface area contributed by atoms with E-state index in [0.717, 1.165) is 34.9 Å². The molecule has 0 spiro atoms. The van der Waals surface area contributed by atoms with E-state index >= 15 is 0 Å². The van der Waals surface area contributed by atoms with Gasteiger partial charge < -0.3 is 19.5 Å². The number of nitrogens with one attached hydrogen (secondary N) is 2. The predicted molar refractivity (Wildman–Crippen MR) is 141 cm³/mol. The zero-order valence-corrected chi connectivity index (χ0v) is 21.8. The number of amides is 1. The van der Waals surface area contributed by atoms with Gasteiger partial charge in [0.1, 0.15) is 5.75 Å². The topological polar surface area (TPSA) is 99.0 Å². The molecule has 0 aliphatic rings. The van der Waals surface area contributed by atoms with Crippen LogP contribution in [0.4, 0.5) is 5.69 Å². The summed E-state index contributed by atoms with van der Waals surface area (Å²) in [5.74, 6) is 1.85. The number of aryl methyl sites for hydroxylation is 2. The second kappa shape index (κ2) is 12.6. The average molecular weight is 494 g/mol. The fourth-order valence-electron chi connectivity index (χ4n) is 3.72. The van der Waals surface area contributed by atoms with E-state index in [-0.39, 0.29) is 5.91 Å². The van der Waals surface area contributed by atoms with Crippen molar-refractivity contribution in [2.75, 3.05) is 25.6 Å². The molecular formula is C27H35N5O4. The second-order valence-corrected chi connectivity index (χ2v) is 7.97. The Kier molecular flexibility index (Phi) is 9.32. The number of nitrogens with zero attached hydrogens (tertiary/aromatic N) is 3. The molecule has 3 rings (SSSR count). The van der Waals surface area contributed by atoms with Crippen molar-refractivity contribution < 1.29 is 19.0 Å². The molecule has 0 saturated heterocycles. The highest BCUT2D eigenvalue weighted by Gasteiger charge is 2.15. The van der Waals surface area contributed by atoms with Crippen molar-refractivity contribution in [3.63, 3.8) is 0 Å². The number of carbonyl (C=O) groups excluding carboxylic acids is 1. The minimum Gasteiger partial charge on any atom is -0.497 e. The quantitative estimate of drug-likeness (QED) is 0.313. The van der Waals surface area contributed by atoms with Crippen molar-refractivity contribution in [1.29, 1.82) is 0 Å². The summed E-state index contributed by atoms with van der Waals surface area (Å²) in [5.41, 5.74) is 4.19. The van der Waals surface area contributed by atoms with Crippen LogP contribution >= 0.6 is 0 Å². The first-order chi connectivity index (χ1) is 17.4. The maximum atomic E-state index is 13.2. The molecule has 0 aliphatic carbocycles. The minimum atomic E-state index is -0.323. The van der Waals surface area contributed by atoms with Gasteiger partial charge in [-0.1, -0.05) is 0 Å². The Morgan fingerprint density at radius 2 is 1.69 bits per heavy atom. The van der Waals surface area contributed by atoms with Gasteiger partial charge in [0.2, 0.25) is 5.96 Å². The SMILES string of the molecule is CCOc1ccc(C(=O)NC(=NCc2c(C)nn(CC)c2C)Nc2ccc(OC)cc2)cc1OCC. The molecule has 2 aromatic carbocycles. The van der Waals surface area contributed by atoms with Gasteiger partial charge in [-0.05, 0) is 77.1 Å². The van der Waals surface area contributed by atoms with Gasteiger partial charge in [0.25, 0.3) is 5.91 Å². The fraction of sp³-hybridized carbons (Fsp3) is 0.370. The number of aromatic nitrogens is 2. The Labute approximate surface area is 212 Å². The number of carbonyl (C=O) groups is 1. The normalized spacial score (nSPS) is 11.2. The molecule has 0 aliphatic heterocycles. The van der Waals surface area contributed by atoms with Gasteiger partial charge in [0.05, 0.1) is 32.6 Å². The van der Waals surface area contributed by atoms with Gasteiger partial charge >= 0.3 is 0 Å². The van der Waals surface area contributed by atoms with Crippen LogP contribution in [0, 0.1) is 13.8 Å². The van der Waals surface area contributed by atoms with Crippen LogP contribution in [0.3, 0.4) is 0 Å². The molecule has 9 heteroatoms. The molecule has 9 nitrogen and oxygen atoms in total. The number of ether oxygens (including phenoxy) is 3. The zero-order valence-electron chi connectivity index (χ0n) is 21.8. The molecule has 0 radical (unpaired) electrons. The highest BCUT2D eigenvalue weighted by Crippen LogP contribution is 2.28. The summed E-state index contributed by atoms with van der Waals surface area (Å²) in [6.07, 6.45) is 0. The van der Waals surface area contributed by atoms with Gasteiger partial charge in [-0.15, -0.1) is 0 Å². The molecule has 0 atom stereocenters. The van der Waals surface area contributed by atoms with Crippen LogP contribution < -0.4 is 24.8 Å². The number of benzene rings is 2. The summed E-state index contributed by atoms with van der Waals surface area (Å²) in [5, 5.41) is 10.7. The molecule has 3 aromatic rings. The van der Waals surface area contributed by atoms with Gasteiger partial charge in [0, 0.05) is 29.1 Å². The van der Waals surface area contributed by atoms with E-state index in [1.54, 1.807) is 25.3 Å². The summed E-state index contributed by atoms with van der Waals surface area (Å²) >= 11 is 0. The lowest BCUT2D eigenvalue weighted by Gasteiger charge is -2.14. The second-order valence-electron chi connectivity index (χ2n) is 7.97. The predicted octanol–water partition coefficient (Wildman–Crippen LogP) is 4.72. The summed E-state index contributed by atoms with van der Waals surface area (Å²) in [6, 6.07) is 12.5. The lowest BCUT2D eigenvalue weighted by molar-refractivity contribution is 0.0976. The van der Waals surface area contributed by atoms with E-state index in [4.69, 9.17) is 19.2 Å². The maximum Gasteiger partial charge on any atom is 0.258 e. The van der Waals surface area contributed by atoms with E-state index in [1.165, 1.54) is 0 Å². The highest BCUT2D eigenvalue weighted by molar-refractivity contribution is 6.10. The summed E-state index contributed by atoms with van der Waals surface area (Å²) in [7, 11) is 1.62. The van der Waals surface area contributed by atoms with Crippen molar-refractivity contribution in [2.24, 2.45) is 4.99 Å². The van der Waals surface area contributed by atoms with Crippen molar-refractivity contribution in [2.45, 2.75) is 47.7 Å². The third kappa shape index (κ3) is 6.56. The van der Waals surface area contributed by atoms with E-state index in [1.807, 2.05) is 56.6 Å². The number of rotatable bonds is 10. The minimum absolute atomic E-state index is 0.319. The molecule has 0 bridgehead atoms. The average Bonchev–Trinajstić information content (AvgIpc) is 3.16. The first-order valence-corrected chi connectivity index (χ1v) is 12.1. The van der Waals surface area contributed by atoms with Crippen LogP contribution in [-0.4, -0.2) is 42.0 Å². The first-order valence-electron chi connectivity index (χ1n) is 12.1. The van der Waals surface area contributed by atoms with Crippen LogP contribution in [0.2, 0.25) is 0 Å². The van der Waals surface area contributed by atoms with E-state index in [2.05, 4.69) is 22.7 Å². The van der Waals surface area contributed by atoms with Crippen LogP contribution in [0.15, 0.2) is 47.5 Å². The Hall–Kier alpha value is -4.01. The monoisotopic (exact) mass is 493 g/mol. The number of anilines is 1. The molecule has 0 fully saturated rings. The lowest BCUT2D eigenvalue weighted by atomic mass is 10.2. The van der Waals surface area contributed by atoms with Crippen LogP contribution in [0.5, 0.6) is 17.2 Å². The molecule has 1 amide bonds. The largest absolute Gasteiger partial charge is 0.497 e. The molecular weight excluding hydrogens is 458 g/mol. The van der Waals surface area contributed by atoms with Gasteiger partial charge in [-0.3, -0.25) is 14.8 Å². The molecule has 1 aromatic heterocycles. The van der Waals surface area contributed by atoms with Gasteiger partial charge in [-0.25, -0.2) is 4.99 Å². The number of guanidine groups is 1. The smallest absolute Gasteiger partial charge is 0.258 e. The maximum absolute atomic E-state index is 13.2. The first kappa shape index (κ1) is 26.6. The molecule has 0 saturated carbocycles. The molecule has 0 unspecified atom stereocenters. The molecule has 192 valence electrons. The number of hydrogen-bond donors (Lipinski definition) is 2. The van der Waals surface area contributed by atoms with E-state index in [9.17, 15) is 4.79 Å². The number of methoxy groups -OCH3 is 1. The fourth-order valence-corrected chi connectivity index (χ4v) is 3.72. The van der Waals surface area contributed by atoms with Crippen LogP contribution in [0.1, 0.15) is 48.1 Å². The summed E-state index contributed by atoms with van der Waals surface area (Å²) < 4.78 is 18.5. The van der Waals surface area contributed by atoms with E-state index in [0.29, 0.717) is 42.8 Å². The Morgan fingerprint density at radius 1 is 1.00 bits per heavy atom. The van der Waals surface area contributed by atoms with Crippen molar-refractivity contribution in [1.82, 2.24) is 15.1 Å². The third-order valence-electron chi connectivity index (χ3n) is 5.62. The van der Waals surface area contributed by atoms with Crippen molar-refractivity contribution in [3.8, 4) is 17.2 Å². The summed E-state index contributed by atoms with van der Waals surface area (Å²) in [6.45, 7) is 11.9. The third-order valence-corrected chi connectivity index (χ3v) is 5.62. The number of aliphatic imine (C=N–C) groups is 1.